The van der Waals surface area contributed by atoms with E-state index in [4.69, 9.17) is 0 Å². The Morgan fingerprint density at radius 3 is 2.47 bits per heavy atom. The maximum Gasteiger partial charge on any atom is 0.0564 e. The van der Waals surface area contributed by atoms with Crippen molar-refractivity contribution < 1.29 is 0 Å². The predicted octanol–water partition coefficient (Wildman–Crippen LogP) is 3.77. The Hall–Kier alpha value is -1.09. The first kappa shape index (κ1) is 16.0. The van der Waals surface area contributed by atoms with Gasteiger partial charge in [-0.15, -0.1) is 0 Å². The third kappa shape index (κ3) is 5.19. The Morgan fingerprint density at radius 1 is 1.26 bits per heavy atom. The van der Waals surface area contributed by atoms with E-state index in [1.165, 1.54) is 12.8 Å². The number of nitrogens with zero attached hydrogens (tertiary/aromatic N) is 2. The lowest BCUT2D eigenvalue weighted by atomic mass is 10.1. The third-order valence-electron chi connectivity index (χ3n) is 3.53. The van der Waals surface area contributed by atoms with Crippen molar-refractivity contribution in [3.8, 4) is 0 Å². The second-order valence-electron chi connectivity index (χ2n) is 5.58. The van der Waals surface area contributed by atoms with E-state index in [9.17, 15) is 0 Å². The lowest BCUT2D eigenvalue weighted by Gasteiger charge is -2.31. The van der Waals surface area contributed by atoms with Gasteiger partial charge in [0, 0.05) is 38.1 Å². The van der Waals surface area contributed by atoms with E-state index in [0.717, 1.165) is 24.5 Å². The van der Waals surface area contributed by atoms with Gasteiger partial charge in [-0.25, -0.2) is 0 Å². The number of rotatable bonds is 8. The highest BCUT2D eigenvalue weighted by atomic mass is 15.2. The quantitative estimate of drug-likeness (QED) is 0.774. The van der Waals surface area contributed by atoms with Gasteiger partial charge < -0.3 is 5.32 Å². The van der Waals surface area contributed by atoms with Crippen LogP contribution in [0.25, 0.3) is 0 Å². The van der Waals surface area contributed by atoms with Crippen LogP contribution in [0.4, 0.5) is 5.69 Å². The lowest BCUT2D eigenvalue weighted by molar-refractivity contribution is 0.155. The Kier molecular flexibility index (Phi) is 6.85. The second kappa shape index (κ2) is 8.16. The molecule has 108 valence electrons. The van der Waals surface area contributed by atoms with Crippen molar-refractivity contribution in [1.82, 2.24) is 9.88 Å². The second-order valence-corrected chi connectivity index (χ2v) is 5.58. The SMILES string of the molecule is CCC(CC)N(Cc1cc(NC)ccn1)CC(C)C. The van der Waals surface area contributed by atoms with Crippen LogP contribution in [0, 0.1) is 5.92 Å². The van der Waals surface area contributed by atoms with E-state index in [1.54, 1.807) is 0 Å². The zero-order valence-corrected chi connectivity index (χ0v) is 13.1. The number of hydrogen-bond acceptors (Lipinski definition) is 3. The molecule has 1 aromatic heterocycles. The highest BCUT2D eigenvalue weighted by Crippen LogP contribution is 2.16. The smallest absolute Gasteiger partial charge is 0.0564 e. The van der Waals surface area contributed by atoms with Crippen LogP contribution >= 0.6 is 0 Å². The largest absolute Gasteiger partial charge is 0.388 e. The number of hydrogen-bond donors (Lipinski definition) is 1. The molecule has 0 amide bonds. The zero-order chi connectivity index (χ0) is 14.3. The van der Waals surface area contributed by atoms with Crippen LogP contribution in [0.15, 0.2) is 18.3 Å². The number of anilines is 1. The summed E-state index contributed by atoms with van der Waals surface area (Å²) < 4.78 is 0. The fourth-order valence-electron chi connectivity index (χ4n) is 2.55. The number of pyridine rings is 1. The van der Waals surface area contributed by atoms with Gasteiger partial charge in [-0.05, 0) is 30.9 Å². The van der Waals surface area contributed by atoms with Gasteiger partial charge in [-0.3, -0.25) is 9.88 Å². The molecule has 0 aliphatic rings. The predicted molar refractivity (Wildman–Crippen MR) is 83.4 cm³/mol. The van der Waals surface area contributed by atoms with Crippen LogP contribution in [0.5, 0.6) is 0 Å². The minimum atomic E-state index is 0.655. The van der Waals surface area contributed by atoms with Crippen LogP contribution in [-0.2, 0) is 6.54 Å². The van der Waals surface area contributed by atoms with Gasteiger partial charge in [0.25, 0.3) is 0 Å². The summed E-state index contributed by atoms with van der Waals surface area (Å²) in [6.45, 7) is 11.2. The molecule has 19 heavy (non-hydrogen) atoms. The van der Waals surface area contributed by atoms with Gasteiger partial charge in [0.1, 0.15) is 0 Å². The van der Waals surface area contributed by atoms with Gasteiger partial charge in [0.2, 0.25) is 0 Å². The molecule has 0 atom stereocenters. The summed E-state index contributed by atoms with van der Waals surface area (Å²) in [6, 6.07) is 4.81. The lowest BCUT2D eigenvalue weighted by Crippen LogP contribution is -2.37. The average molecular weight is 263 g/mol. The van der Waals surface area contributed by atoms with Gasteiger partial charge >= 0.3 is 0 Å². The molecule has 0 radical (unpaired) electrons. The molecule has 3 heteroatoms. The van der Waals surface area contributed by atoms with Gasteiger partial charge in [0.15, 0.2) is 0 Å². The van der Waals surface area contributed by atoms with E-state index < -0.39 is 0 Å². The monoisotopic (exact) mass is 263 g/mol. The van der Waals surface area contributed by atoms with E-state index in [1.807, 2.05) is 19.3 Å². The molecule has 1 heterocycles. The molecule has 0 saturated carbocycles. The summed E-state index contributed by atoms with van der Waals surface area (Å²) in [5.74, 6) is 0.688. The van der Waals surface area contributed by atoms with Gasteiger partial charge in [-0.2, -0.15) is 0 Å². The van der Waals surface area contributed by atoms with Crippen LogP contribution in [-0.4, -0.2) is 29.5 Å². The number of aromatic nitrogens is 1. The summed E-state index contributed by atoms with van der Waals surface area (Å²) in [5, 5.41) is 3.18. The highest BCUT2D eigenvalue weighted by Gasteiger charge is 2.17. The molecular formula is C16H29N3. The highest BCUT2D eigenvalue weighted by molar-refractivity contribution is 5.42. The summed E-state index contributed by atoms with van der Waals surface area (Å²) in [5.41, 5.74) is 2.29. The first-order chi connectivity index (χ1) is 9.10. The molecular weight excluding hydrogens is 234 g/mol. The molecule has 0 fully saturated rings. The molecule has 0 bridgehead atoms. The summed E-state index contributed by atoms with van der Waals surface area (Å²) in [4.78, 5) is 7.08. The normalized spacial score (nSPS) is 11.6. The van der Waals surface area contributed by atoms with Crippen LogP contribution in [0.1, 0.15) is 46.2 Å². The molecule has 0 saturated heterocycles. The molecule has 0 aromatic carbocycles. The van der Waals surface area contributed by atoms with Crippen LogP contribution in [0.3, 0.4) is 0 Å². The maximum atomic E-state index is 4.50. The van der Waals surface area contributed by atoms with E-state index >= 15 is 0 Å². The minimum absolute atomic E-state index is 0.655. The fourth-order valence-corrected chi connectivity index (χ4v) is 2.55. The molecule has 1 aromatic rings. The van der Waals surface area contributed by atoms with E-state index in [2.05, 4.69) is 49.0 Å². The standard InChI is InChI=1S/C16H29N3/c1-6-16(7-2)19(11-13(3)4)12-15-10-14(17-5)8-9-18-15/h8-10,13,16H,6-7,11-12H2,1-5H3,(H,17,18). The maximum absolute atomic E-state index is 4.50. The van der Waals surface area contributed by atoms with Gasteiger partial charge in [0.05, 0.1) is 5.69 Å². The molecule has 0 aliphatic heterocycles. The third-order valence-corrected chi connectivity index (χ3v) is 3.53. The molecule has 0 aliphatic carbocycles. The first-order valence-electron chi connectivity index (χ1n) is 7.47. The Morgan fingerprint density at radius 2 is 1.95 bits per heavy atom. The van der Waals surface area contributed by atoms with E-state index in [-0.39, 0.29) is 0 Å². The van der Waals surface area contributed by atoms with Crippen molar-refractivity contribution in [3.05, 3.63) is 24.0 Å². The van der Waals surface area contributed by atoms with Crippen molar-refractivity contribution in [1.29, 1.82) is 0 Å². The molecule has 1 rings (SSSR count). The molecule has 3 nitrogen and oxygen atoms in total. The average Bonchev–Trinajstić information content (AvgIpc) is 2.39. The van der Waals surface area contributed by atoms with Crippen molar-refractivity contribution >= 4 is 5.69 Å². The fraction of sp³-hybridized carbons (Fsp3) is 0.688. The molecule has 1 N–H and O–H groups in total. The van der Waals surface area contributed by atoms with Crippen molar-refractivity contribution in [2.45, 2.75) is 53.1 Å². The van der Waals surface area contributed by atoms with Crippen LogP contribution in [0.2, 0.25) is 0 Å². The van der Waals surface area contributed by atoms with Crippen molar-refractivity contribution in [3.63, 3.8) is 0 Å². The van der Waals surface area contributed by atoms with Crippen molar-refractivity contribution in [2.75, 3.05) is 18.9 Å². The Bertz CT molecular complexity index is 359. The van der Waals surface area contributed by atoms with Crippen molar-refractivity contribution in [2.24, 2.45) is 5.92 Å². The van der Waals surface area contributed by atoms with Crippen LogP contribution < -0.4 is 5.32 Å². The summed E-state index contributed by atoms with van der Waals surface area (Å²) >= 11 is 0. The summed E-state index contributed by atoms with van der Waals surface area (Å²) in [6.07, 6.45) is 4.30. The first-order valence-corrected chi connectivity index (χ1v) is 7.47. The Balaban J connectivity index is 2.80. The molecule has 0 spiro atoms. The summed E-state index contributed by atoms with van der Waals surface area (Å²) in [7, 11) is 1.95. The Labute approximate surface area is 118 Å². The topological polar surface area (TPSA) is 28.2 Å². The van der Waals surface area contributed by atoms with Gasteiger partial charge in [-0.1, -0.05) is 27.7 Å². The number of nitrogens with one attached hydrogen (secondary N) is 1. The molecule has 0 unspecified atom stereocenters. The zero-order valence-electron chi connectivity index (χ0n) is 13.1. The minimum Gasteiger partial charge on any atom is -0.388 e. The van der Waals surface area contributed by atoms with E-state index in [0.29, 0.717) is 12.0 Å².